The zero-order valence-corrected chi connectivity index (χ0v) is 19.1. The standard InChI is InChI=1S/C21H27N3O6S/c1-13-19(15(3)25)14(2)22-20(13)21(26)23-8-10-24(11-9-23)31(27,28)18-12-16(29-4)6-7-17(18)30-5/h6-7,12,22H,8-11H2,1-5H3. The minimum atomic E-state index is -3.84. The van der Waals surface area contributed by atoms with Gasteiger partial charge >= 0.3 is 0 Å². The van der Waals surface area contributed by atoms with Crippen molar-refractivity contribution in [1.82, 2.24) is 14.2 Å². The highest BCUT2D eigenvalue weighted by Crippen LogP contribution is 2.31. The average molecular weight is 450 g/mol. The zero-order valence-electron chi connectivity index (χ0n) is 18.3. The second kappa shape index (κ2) is 8.72. The van der Waals surface area contributed by atoms with Crippen molar-refractivity contribution in [1.29, 1.82) is 0 Å². The highest BCUT2D eigenvalue weighted by atomic mass is 32.2. The number of H-pyrrole nitrogens is 1. The van der Waals surface area contributed by atoms with Crippen LogP contribution in [0.2, 0.25) is 0 Å². The van der Waals surface area contributed by atoms with Gasteiger partial charge in [0.2, 0.25) is 10.0 Å². The van der Waals surface area contributed by atoms with E-state index in [9.17, 15) is 18.0 Å². The first kappa shape index (κ1) is 22.8. The van der Waals surface area contributed by atoms with Gasteiger partial charge in [-0.15, -0.1) is 0 Å². The number of carbonyl (C=O) groups excluding carboxylic acids is 2. The summed E-state index contributed by atoms with van der Waals surface area (Å²) in [5.74, 6) is 0.290. The number of aryl methyl sites for hydroxylation is 1. The number of Topliss-reactive ketones (excluding diaryl/α,β-unsaturated/α-hetero) is 1. The normalized spacial score (nSPS) is 15.1. The Kier molecular flexibility index (Phi) is 6.42. The van der Waals surface area contributed by atoms with Crippen molar-refractivity contribution in [2.75, 3.05) is 40.4 Å². The third kappa shape index (κ3) is 4.17. The van der Waals surface area contributed by atoms with Gasteiger partial charge < -0.3 is 19.4 Å². The summed E-state index contributed by atoms with van der Waals surface area (Å²) in [6.07, 6.45) is 0. The maximum absolute atomic E-state index is 13.2. The number of sulfonamides is 1. The summed E-state index contributed by atoms with van der Waals surface area (Å²) in [6.45, 7) is 5.72. The first-order valence-corrected chi connectivity index (χ1v) is 11.3. The van der Waals surface area contributed by atoms with Gasteiger partial charge in [-0.25, -0.2) is 8.42 Å². The van der Waals surface area contributed by atoms with E-state index in [1.54, 1.807) is 30.9 Å². The van der Waals surface area contributed by atoms with E-state index in [1.165, 1.54) is 31.5 Å². The number of rotatable bonds is 6. The van der Waals surface area contributed by atoms with Crippen molar-refractivity contribution in [3.05, 3.63) is 40.7 Å². The maximum Gasteiger partial charge on any atom is 0.270 e. The summed E-state index contributed by atoms with van der Waals surface area (Å²) in [6, 6.07) is 4.61. The average Bonchev–Trinajstić information content (AvgIpc) is 3.06. The molecule has 10 heteroatoms. The third-order valence-electron chi connectivity index (χ3n) is 5.52. The lowest BCUT2D eigenvalue weighted by molar-refractivity contribution is 0.0691. The molecular formula is C21H27N3O6S. The quantitative estimate of drug-likeness (QED) is 0.676. The molecule has 2 aromatic rings. The number of ether oxygens (including phenoxy) is 2. The Morgan fingerprint density at radius 1 is 1.03 bits per heavy atom. The maximum atomic E-state index is 13.2. The summed E-state index contributed by atoms with van der Waals surface area (Å²) >= 11 is 0. The second-order valence-electron chi connectivity index (χ2n) is 7.39. The van der Waals surface area contributed by atoms with E-state index in [1.807, 2.05) is 0 Å². The van der Waals surface area contributed by atoms with E-state index in [0.29, 0.717) is 28.3 Å². The van der Waals surface area contributed by atoms with Crippen LogP contribution in [0.5, 0.6) is 11.5 Å². The lowest BCUT2D eigenvalue weighted by Gasteiger charge is -2.34. The van der Waals surface area contributed by atoms with Gasteiger partial charge in [-0.3, -0.25) is 9.59 Å². The summed E-state index contributed by atoms with van der Waals surface area (Å²) in [5, 5.41) is 0. The molecule has 1 N–H and O–H groups in total. The first-order valence-electron chi connectivity index (χ1n) is 9.83. The lowest BCUT2D eigenvalue weighted by atomic mass is 10.1. The van der Waals surface area contributed by atoms with Crippen LogP contribution >= 0.6 is 0 Å². The number of amides is 1. The fraction of sp³-hybridized carbons (Fsp3) is 0.429. The predicted octanol–water partition coefficient (Wildman–Crippen LogP) is 2.00. The Morgan fingerprint density at radius 2 is 1.68 bits per heavy atom. The van der Waals surface area contributed by atoms with Crippen molar-refractivity contribution in [3.63, 3.8) is 0 Å². The summed E-state index contributed by atoms with van der Waals surface area (Å²) in [5.41, 5.74) is 2.16. The third-order valence-corrected chi connectivity index (χ3v) is 7.44. The Hall–Kier alpha value is -2.85. The van der Waals surface area contributed by atoms with Crippen LogP contribution < -0.4 is 9.47 Å². The van der Waals surface area contributed by atoms with Crippen molar-refractivity contribution in [2.45, 2.75) is 25.7 Å². The second-order valence-corrected chi connectivity index (χ2v) is 9.30. The number of carbonyl (C=O) groups is 2. The Morgan fingerprint density at radius 3 is 2.19 bits per heavy atom. The van der Waals surface area contributed by atoms with Crippen molar-refractivity contribution >= 4 is 21.7 Å². The zero-order chi connectivity index (χ0) is 22.9. The number of benzene rings is 1. The molecule has 31 heavy (non-hydrogen) atoms. The van der Waals surface area contributed by atoms with Gasteiger partial charge in [0.05, 0.1) is 14.2 Å². The van der Waals surface area contributed by atoms with Crippen LogP contribution in [-0.4, -0.2) is 74.7 Å². The van der Waals surface area contributed by atoms with Crippen LogP contribution in [0.1, 0.15) is 39.0 Å². The topological polar surface area (TPSA) is 109 Å². The summed E-state index contributed by atoms with van der Waals surface area (Å²) < 4.78 is 38.1. The van der Waals surface area contributed by atoms with E-state index in [4.69, 9.17) is 9.47 Å². The van der Waals surface area contributed by atoms with Gasteiger partial charge in [0, 0.05) is 43.5 Å². The van der Waals surface area contributed by atoms with Crippen LogP contribution in [-0.2, 0) is 10.0 Å². The van der Waals surface area contributed by atoms with Gasteiger partial charge in [-0.1, -0.05) is 0 Å². The highest BCUT2D eigenvalue weighted by molar-refractivity contribution is 7.89. The van der Waals surface area contributed by atoms with Crippen LogP contribution in [0.3, 0.4) is 0 Å². The number of piperazine rings is 1. The minimum Gasteiger partial charge on any atom is -0.497 e. The SMILES string of the molecule is COc1ccc(OC)c(S(=O)(=O)N2CCN(C(=O)c3[nH]c(C)c(C(C)=O)c3C)CC2)c1. The summed E-state index contributed by atoms with van der Waals surface area (Å²) in [4.78, 5) is 29.5. The largest absolute Gasteiger partial charge is 0.497 e. The molecule has 1 aromatic carbocycles. The molecule has 1 aliphatic rings. The molecule has 9 nitrogen and oxygen atoms in total. The molecule has 0 unspecified atom stereocenters. The number of methoxy groups -OCH3 is 2. The molecule has 1 aromatic heterocycles. The lowest BCUT2D eigenvalue weighted by Crippen LogP contribution is -2.50. The number of ketones is 1. The van der Waals surface area contributed by atoms with Crippen LogP contribution in [0.4, 0.5) is 0 Å². The van der Waals surface area contributed by atoms with Gasteiger partial charge in [0.25, 0.3) is 5.91 Å². The van der Waals surface area contributed by atoms with E-state index in [-0.39, 0.29) is 48.5 Å². The van der Waals surface area contributed by atoms with Crippen molar-refractivity contribution < 1.29 is 27.5 Å². The van der Waals surface area contributed by atoms with E-state index in [2.05, 4.69) is 4.98 Å². The van der Waals surface area contributed by atoms with Gasteiger partial charge in [-0.05, 0) is 38.5 Å². The molecular weight excluding hydrogens is 422 g/mol. The molecule has 0 saturated carbocycles. The summed E-state index contributed by atoms with van der Waals surface area (Å²) in [7, 11) is -0.962. The van der Waals surface area contributed by atoms with E-state index >= 15 is 0 Å². The van der Waals surface area contributed by atoms with Crippen molar-refractivity contribution in [2.24, 2.45) is 0 Å². The number of hydrogen-bond donors (Lipinski definition) is 1. The molecule has 0 aliphatic carbocycles. The molecule has 1 amide bonds. The van der Waals surface area contributed by atoms with E-state index < -0.39 is 10.0 Å². The monoisotopic (exact) mass is 449 g/mol. The number of hydrogen-bond acceptors (Lipinski definition) is 6. The number of nitrogens with zero attached hydrogens (tertiary/aromatic N) is 2. The first-order chi connectivity index (χ1) is 14.6. The van der Waals surface area contributed by atoms with Crippen LogP contribution in [0.15, 0.2) is 23.1 Å². The molecule has 168 valence electrons. The van der Waals surface area contributed by atoms with Gasteiger partial charge in [0.15, 0.2) is 5.78 Å². The van der Waals surface area contributed by atoms with E-state index in [0.717, 1.165) is 0 Å². The van der Waals surface area contributed by atoms with Crippen LogP contribution in [0, 0.1) is 13.8 Å². The predicted molar refractivity (Wildman–Crippen MR) is 114 cm³/mol. The number of aromatic nitrogens is 1. The van der Waals surface area contributed by atoms with Gasteiger partial charge in [0.1, 0.15) is 22.1 Å². The Labute approximate surface area is 182 Å². The molecule has 0 spiro atoms. The smallest absolute Gasteiger partial charge is 0.270 e. The Bertz CT molecular complexity index is 1110. The van der Waals surface area contributed by atoms with Crippen LogP contribution in [0.25, 0.3) is 0 Å². The molecule has 2 heterocycles. The molecule has 1 aliphatic heterocycles. The fourth-order valence-electron chi connectivity index (χ4n) is 3.91. The minimum absolute atomic E-state index is 0.0241. The fourth-order valence-corrected chi connectivity index (χ4v) is 5.50. The number of aromatic amines is 1. The molecule has 0 radical (unpaired) electrons. The van der Waals surface area contributed by atoms with Crippen molar-refractivity contribution in [3.8, 4) is 11.5 Å². The molecule has 0 atom stereocenters. The molecule has 0 bridgehead atoms. The van der Waals surface area contributed by atoms with Gasteiger partial charge in [-0.2, -0.15) is 4.31 Å². The number of nitrogens with one attached hydrogen (secondary N) is 1. The Balaban J connectivity index is 1.79. The molecule has 3 rings (SSSR count). The molecule has 1 saturated heterocycles. The molecule has 1 fully saturated rings. The highest BCUT2D eigenvalue weighted by Gasteiger charge is 2.33.